The Bertz CT molecular complexity index is 1490. The highest BCUT2D eigenvalue weighted by Gasteiger charge is 2.46. The highest BCUT2D eigenvalue weighted by Crippen LogP contribution is 2.34. The molecule has 2 aromatic rings. The van der Waals surface area contributed by atoms with Gasteiger partial charge in [-0.15, -0.1) is 0 Å². The van der Waals surface area contributed by atoms with E-state index in [0.29, 0.717) is 10.9 Å². The summed E-state index contributed by atoms with van der Waals surface area (Å²) in [7, 11) is 0. The number of hydrogen-bond donors (Lipinski definition) is 2. The molecular weight excluding hydrogens is 620 g/mol. The van der Waals surface area contributed by atoms with Crippen LogP contribution in [-0.4, -0.2) is 68.4 Å². The third kappa shape index (κ3) is 6.30. The van der Waals surface area contributed by atoms with Gasteiger partial charge in [-0.1, -0.05) is 40.9 Å². The van der Waals surface area contributed by atoms with Gasteiger partial charge in [0.2, 0.25) is 5.91 Å². The molecule has 3 fully saturated rings. The fourth-order valence-electron chi connectivity index (χ4n) is 7.18. The van der Waals surface area contributed by atoms with Crippen molar-refractivity contribution in [2.24, 2.45) is 11.8 Å². The number of fused-ring (bicyclic) bond motifs is 5. The second-order valence-electron chi connectivity index (χ2n) is 12.1. The Morgan fingerprint density at radius 2 is 1.79 bits per heavy atom. The average molecular weight is 658 g/mol. The molecule has 0 radical (unpaired) electrons. The normalized spacial score (nSPS) is 28.9. The summed E-state index contributed by atoms with van der Waals surface area (Å²) >= 11 is 3.44. The molecule has 2 amide bonds. The van der Waals surface area contributed by atoms with Crippen LogP contribution in [0.3, 0.4) is 0 Å². The SMILES string of the molecule is O=C1N[C@@H](C2CCCC2)C(=O)N2C[C@@H](C[C@H]2C(=O)O)Oc2nc3cc(Br)ccc3c(=O)n2CC=CCC[C@@H]2CCC[C@H]2O1. The molecule has 0 unspecified atom stereocenters. The van der Waals surface area contributed by atoms with Crippen molar-refractivity contribution in [2.75, 3.05) is 6.54 Å². The van der Waals surface area contributed by atoms with Crippen LogP contribution in [0.1, 0.15) is 64.2 Å². The number of ether oxygens (including phenoxy) is 2. The third-order valence-electron chi connectivity index (χ3n) is 9.40. The van der Waals surface area contributed by atoms with Gasteiger partial charge in [0.25, 0.3) is 11.6 Å². The number of allylic oxidation sites excluding steroid dienone is 2. The first-order valence-electron chi connectivity index (χ1n) is 15.3. The number of benzene rings is 1. The van der Waals surface area contributed by atoms with Crippen molar-refractivity contribution in [2.45, 2.75) is 95.0 Å². The summed E-state index contributed by atoms with van der Waals surface area (Å²) in [6.45, 7) is 0.213. The summed E-state index contributed by atoms with van der Waals surface area (Å²) in [5, 5.41) is 13.4. The number of amides is 2. The van der Waals surface area contributed by atoms with E-state index in [2.05, 4.69) is 26.2 Å². The number of hydrogen-bond acceptors (Lipinski definition) is 7. The summed E-state index contributed by atoms with van der Waals surface area (Å²) in [6.07, 6.45) is 10.1. The highest BCUT2D eigenvalue weighted by molar-refractivity contribution is 9.10. The molecule has 230 valence electrons. The van der Waals surface area contributed by atoms with Crippen molar-refractivity contribution in [1.29, 1.82) is 0 Å². The number of halogens is 1. The molecule has 11 nitrogen and oxygen atoms in total. The van der Waals surface area contributed by atoms with E-state index in [1.165, 1.54) is 9.47 Å². The predicted molar refractivity (Wildman–Crippen MR) is 161 cm³/mol. The van der Waals surface area contributed by atoms with Crippen LogP contribution in [0.2, 0.25) is 0 Å². The molecule has 4 aliphatic rings. The van der Waals surface area contributed by atoms with Gasteiger partial charge in [0.05, 0.1) is 17.4 Å². The molecule has 43 heavy (non-hydrogen) atoms. The molecule has 2 aliphatic heterocycles. The van der Waals surface area contributed by atoms with Crippen LogP contribution in [0.25, 0.3) is 10.9 Å². The first kappa shape index (κ1) is 29.7. The maximum absolute atomic E-state index is 14.0. The zero-order valence-electron chi connectivity index (χ0n) is 24.0. The van der Waals surface area contributed by atoms with Crippen molar-refractivity contribution in [3.8, 4) is 6.01 Å². The number of rotatable bonds is 2. The first-order valence-corrected chi connectivity index (χ1v) is 16.1. The van der Waals surface area contributed by atoms with Crippen molar-refractivity contribution in [3.05, 3.63) is 45.2 Å². The molecule has 6 rings (SSSR count). The monoisotopic (exact) mass is 656 g/mol. The molecule has 2 aliphatic carbocycles. The van der Waals surface area contributed by atoms with Gasteiger partial charge in [-0.2, -0.15) is 4.98 Å². The molecule has 12 heteroatoms. The molecule has 3 heterocycles. The number of carbonyl (C=O) groups excluding carboxylic acids is 2. The van der Waals surface area contributed by atoms with Crippen molar-refractivity contribution in [3.63, 3.8) is 0 Å². The van der Waals surface area contributed by atoms with E-state index in [9.17, 15) is 24.3 Å². The van der Waals surface area contributed by atoms with E-state index in [1.807, 2.05) is 12.2 Å². The lowest BCUT2D eigenvalue weighted by Gasteiger charge is -2.31. The van der Waals surface area contributed by atoms with Crippen molar-refractivity contribution in [1.82, 2.24) is 19.8 Å². The van der Waals surface area contributed by atoms with Gasteiger partial charge in [0.15, 0.2) is 0 Å². The minimum Gasteiger partial charge on any atom is -0.480 e. The molecule has 2 saturated carbocycles. The minimum atomic E-state index is -1.15. The number of alkyl carbamates (subject to hydrolysis) is 1. The second kappa shape index (κ2) is 12.7. The number of carboxylic acids is 1. The Morgan fingerprint density at radius 3 is 2.58 bits per heavy atom. The number of nitrogens with zero attached hydrogens (tertiary/aromatic N) is 3. The maximum Gasteiger partial charge on any atom is 0.408 e. The van der Waals surface area contributed by atoms with Crippen LogP contribution in [0.4, 0.5) is 4.79 Å². The van der Waals surface area contributed by atoms with Crippen LogP contribution in [-0.2, 0) is 20.9 Å². The number of aliphatic carboxylic acids is 1. The summed E-state index contributed by atoms with van der Waals surface area (Å²) in [5.74, 6) is -1.49. The summed E-state index contributed by atoms with van der Waals surface area (Å²) in [5.41, 5.74) is 0.189. The van der Waals surface area contributed by atoms with Crippen LogP contribution in [0.5, 0.6) is 6.01 Å². The van der Waals surface area contributed by atoms with Gasteiger partial charge in [0.1, 0.15) is 24.3 Å². The zero-order valence-corrected chi connectivity index (χ0v) is 25.5. The summed E-state index contributed by atoms with van der Waals surface area (Å²) < 4.78 is 14.4. The molecule has 2 bridgehead atoms. The molecule has 1 aromatic heterocycles. The summed E-state index contributed by atoms with van der Waals surface area (Å²) in [4.78, 5) is 59.1. The Morgan fingerprint density at radius 1 is 1.00 bits per heavy atom. The van der Waals surface area contributed by atoms with E-state index >= 15 is 0 Å². The van der Waals surface area contributed by atoms with E-state index < -0.39 is 36.2 Å². The quantitative estimate of drug-likeness (QED) is 0.454. The summed E-state index contributed by atoms with van der Waals surface area (Å²) in [6, 6.07) is 3.29. The zero-order chi connectivity index (χ0) is 30.1. The highest BCUT2D eigenvalue weighted by atomic mass is 79.9. The Balaban J connectivity index is 1.37. The van der Waals surface area contributed by atoms with Gasteiger partial charge in [-0.3, -0.25) is 14.2 Å². The molecule has 1 aromatic carbocycles. The Labute approximate surface area is 257 Å². The minimum absolute atomic E-state index is 0.0112. The third-order valence-corrected chi connectivity index (χ3v) is 9.90. The molecule has 2 N–H and O–H groups in total. The van der Waals surface area contributed by atoms with Crippen molar-refractivity contribution >= 4 is 44.8 Å². The lowest BCUT2D eigenvalue weighted by Crippen LogP contribution is -2.55. The smallest absolute Gasteiger partial charge is 0.408 e. The number of carboxylic acid groups (broad SMARTS) is 1. The van der Waals surface area contributed by atoms with E-state index in [1.54, 1.807) is 18.2 Å². The molecule has 0 spiro atoms. The Kier molecular flexibility index (Phi) is 8.74. The van der Waals surface area contributed by atoms with Gasteiger partial charge < -0.3 is 24.8 Å². The number of aromatic nitrogens is 2. The average Bonchev–Trinajstić information content (AvgIpc) is 3.74. The number of nitrogens with one attached hydrogen (secondary N) is 1. The standard InChI is InChI=1S/C31H37BrN4O7/c32-20-12-13-22-23(15-20)33-30-35(27(22)37)14-5-1-2-7-18-10-6-11-25(18)43-31(41)34-26(19-8-3-4-9-19)28(38)36-17-21(42-30)16-24(36)29(39)40/h1,5,12-13,15,18-19,21,24-26H,2-4,6-11,14,16-17H2,(H,34,41)(H,39,40)/t18-,21-,24+,25-,26+/m1/s1. The first-order chi connectivity index (χ1) is 20.8. The van der Waals surface area contributed by atoms with Gasteiger partial charge in [0, 0.05) is 17.4 Å². The topological polar surface area (TPSA) is 140 Å². The van der Waals surface area contributed by atoms with Crippen LogP contribution in [0, 0.1) is 11.8 Å². The molecule has 1 saturated heterocycles. The van der Waals surface area contributed by atoms with Crippen LogP contribution >= 0.6 is 15.9 Å². The van der Waals surface area contributed by atoms with E-state index in [-0.39, 0.29) is 49.0 Å². The maximum atomic E-state index is 14.0. The van der Waals surface area contributed by atoms with Crippen LogP contribution < -0.4 is 15.6 Å². The Hall–Kier alpha value is -3.41. The van der Waals surface area contributed by atoms with Gasteiger partial charge in [-0.25, -0.2) is 9.59 Å². The van der Waals surface area contributed by atoms with E-state index in [4.69, 9.17) is 9.47 Å². The largest absolute Gasteiger partial charge is 0.480 e. The second-order valence-corrected chi connectivity index (χ2v) is 13.1. The van der Waals surface area contributed by atoms with Gasteiger partial charge >= 0.3 is 12.1 Å². The lowest BCUT2D eigenvalue weighted by molar-refractivity contribution is -0.149. The number of carbonyl (C=O) groups is 3. The van der Waals surface area contributed by atoms with Gasteiger partial charge in [-0.05, 0) is 75.0 Å². The fraction of sp³-hybridized carbons (Fsp3) is 0.581. The molecule has 5 atom stereocenters. The lowest BCUT2D eigenvalue weighted by atomic mass is 9.96. The van der Waals surface area contributed by atoms with Crippen molar-refractivity contribution < 1.29 is 29.0 Å². The van der Waals surface area contributed by atoms with E-state index in [0.717, 1.165) is 62.3 Å². The predicted octanol–water partition coefficient (Wildman–Crippen LogP) is 4.40. The fourth-order valence-corrected chi connectivity index (χ4v) is 7.53. The molecular formula is C31H37BrN4O7. The van der Waals surface area contributed by atoms with Crippen LogP contribution in [0.15, 0.2) is 39.6 Å².